The molecule has 132 valence electrons. The highest BCUT2D eigenvalue weighted by atomic mass is 16.5. The highest BCUT2D eigenvalue weighted by Gasteiger charge is 2.53. The second kappa shape index (κ2) is 6.21. The zero-order valence-corrected chi connectivity index (χ0v) is 14.9. The highest BCUT2D eigenvalue weighted by molar-refractivity contribution is 5.91. The number of imidazole rings is 1. The third kappa shape index (κ3) is 2.81. The number of hydrogen-bond acceptors (Lipinski definition) is 3. The van der Waals surface area contributed by atoms with Gasteiger partial charge in [0.05, 0.1) is 24.9 Å². The van der Waals surface area contributed by atoms with Gasteiger partial charge < -0.3 is 14.2 Å². The first-order chi connectivity index (χ1) is 12.1. The van der Waals surface area contributed by atoms with Crippen molar-refractivity contribution in [3.8, 4) is 5.75 Å². The molecule has 5 heteroatoms. The van der Waals surface area contributed by atoms with Gasteiger partial charge in [0.1, 0.15) is 5.75 Å². The molecule has 1 saturated carbocycles. The molecule has 1 aromatic carbocycles. The highest BCUT2D eigenvalue weighted by Crippen LogP contribution is 2.51. The van der Waals surface area contributed by atoms with Crippen molar-refractivity contribution in [1.82, 2.24) is 14.5 Å². The van der Waals surface area contributed by atoms with Gasteiger partial charge >= 0.3 is 0 Å². The first-order valence-electron chi connectivity index (χ1n) is 9.06. The Morgan fingerprint density at radius 2 is 2.20 bits per heavy atom. The zero-order valence-electron chi connectivity index (χ0n) is 14.9. The van der Waals surface area contributed by atoms with Crippen LogP contribution in [0.1, 0.15) is 42.9 Å². The fourth-order valence-corrected chi connectivity index (χ4v) is 4.04. The molecular formula is C20H25N3O2. The van der Waals surface area contributed by atoms with E-state index in [0.29, 0.717) is 6.04 Å². The van der Waals surface area contributed by atoms with Gasteiger partial charge in [0.2, 0.25) is 5.91 Å². The van der Waals surface area contributed by atoms with Crippen molar-refractivity contribution in [2.75, 3.05) is 20.2 Å². The van der Waals surface area contributed by atoms with Crippen LogP contribution in [-0.4, -0.2) is 40.6 Å². The number of aromatic nitrogens is 2. The van der Waals surface area contributed by atoms with Crippen LogP contribution in [0.15, 0.2) is 36.9 Å². The zero-order chi connectivity index (χ0) is 17.4. The molecule has 2 aliphatic rings. The van der Waals surface area contributed by atoms with E-state index in [1.807, 2.05) is 25.6 Å². The summed E-state index contributed by atoms with van der Waals surface area (Å²) in [5.74, 6) is 1.15. The number of benzene rings is 1. The molecule has 0 N–H and O–H groups in total. The maximum Gasteiger partial charge on any atom is 0.233 e. The number of carbonyl (C=O) groups is 1. The van der Waals surface area contributed by atoms with Crippen molar-refractivity contribution in [3.05, 3.63) is 48.0 Å². The molecule has 2 heterocycles. The second-order valence-electron chi connectivity index (χ2n) is 7.32. The Hall–Kier alpha value is -2.30. The molecule has 2 fully saturated rings. The topological polar surface area (TPSA) is 47.4 Å². The fraction of sp³-hybridized carbons (Fsp3) is 0.500. The Kier molecular flexibility index (Phi) is 4.02. The molecule has 0 bridgehead atoms. The summed E-state index contributed by atoms with van der Waals surface area (Å²) in [7, 11) is 1.69. The van der Waals surface area contributed by atoms with E-state index in [0.717, 1.165) is 55.6 Å². The molecule has 5 nitrogen and oxygen atoms in total. The van der Waals surface area contributed by atoms with Crippen LogP contribution < -0.4 is 4.74 Å². The lowest BCUT2D eigenvalue weighted by Gasteiger charge is -2.35. The number of rotatable bonds is 4. The van der Waals surface area contributed by atoms with Gasteiger partial charge in [-0.3, -0.25) is 4.79 Å². The van der Waals surface area contributed by atoms with Crippen molar-refractivity contribution in [1.29, 1.82) is 0 Å². The molecule has 0 radical (unpaired) electrons. The van der Waals surface area contributed by atoms with Crippen LogP contribution in [0, 0.1) is 6.92 Å². The molecule has 1 unspecified atom stereocenters. The molecule has 1 amide bonds. The summed E-state index contributed by atoms with van der Waals surface area (Å²) in [6.07, 6.45) is 9.68. The van der Waals surface area contributed by atoms with E-state index in [4.69, 9.17) is 4.74 Å². The molecule has 1 atom stereocenters. The molecule has 2 aromatic rings. The van der Waals surface area contributed by atoms with E-state index in [9.17, 15) is 4.79 Å². The average Bonchev–Trinajstić information content (AvgIpc) is 3.27. The van der Waals surface area contributed by atoms with Gasteiger partial charge in [0, 0.05) is 25.5 Å². The summed E-state index contributed by atoms with van der Waals surface area (Å²) in [6.45, 7) is 3.67. The largest absolute Gasteiger partial charge is 0.496 e. The lowest BCUT2D eigenvalue weighted by Crippen LogP contribution is -2.45. The van der Waals surface area contributed by atoms with E-state index >= 15 is 0 Å². The minimum absolute atomic E-state index is 0.281. The first-order valence-corrected chi connectivity index (χ1v) is 9.06. The predicted octanol–water partition coefficient (Wildman–Crippen LogP) is 3.10. The van der Waals surface area contributed by atoms with Crippen molar-refractivity contribution >= 4 is 5.91 Å². The van der Waals surface area contributed by atoms with E-state index in [1.54, 1.807) is 7.11 Å². The molecule has 1 aliphatic carbocycles. The summed E-state index contributed by atoms with van der Waals surface area (Å²) in [5.41, 5.74) is 1.87. The van der Waals surface area contributed by atoms with Gasteiger partial charge in [0.25, 0.3) is 0 Å². The molecule has 1 saturated heterocycles. The predicted molar refractivity (Wildman–Crippen MR) is 95.7 cm³/mol. The monoisotopic (exact) mass is 339 g/mol. The van der Waals surface area contributed by atoms with Crippen molar-refractivity contribution in [2.45, 2.75) is 44.1 Å². The number of piperidine rings is 1. The Morgan fingerprint density at radius 3 is 2.88 bits per heavy atom. The molecule has 25 heavy (non-hydrogen) atoms. The van der Waals surface area contributed by atoms with Crippen LogP contribution in [0.5, 0.6) is 5.75 Å². The van der Waals surface area contributed by atoms with Crippen LogP contribution in [0.4, 0.5) is 0 Å². The third-order valence-corrected chi connectivity index (χ3v) is 5.75. The van der Waals surface area contributed by atoms with Crippen LogP contribution in [-0.2, 0) is 10.2 Å². The molecule has 4 rings (SSSR count). The molecule has 1 aliphatic heterocycles. The summed E-state index contributed by atoms with van der Waals surface area (Å²) < 4.78 is 7.60. The van der Waals surface area contributed by atoms with Gasteiger partial charge in [-0.25, -0.2) is 4.98 Å². The van der Waals surface area contributed by atoms with E-state index in [1.165, 1.54) is 0 Å². The fourth-order valence-electron chi connectivity index (χ4n) is 4.04. The van der Waals surface area contributed by atoms with Gasteiger partial charge in [-0.05, 0) is 49.8 Å². The minimum atomic E-state index is -0.336. The Morgan fingerprint density at radius 1 is 1.36 bits per heavy atom. The standard InChI is InChI=1S/C20H25N3O2/c1-15-5-6-16(12-18(15)25-2)20(7-8-20)19(24)22-10-3-4-17(13-22)23-11-9-21-14-23/h5-6,9,11-12,14,17H,3-4,7-8,10,13H2,1-2H3. The lowest BCUT2D eigenvalue weighted by atomic mass is 9.91. The first kappa shape index (κ1) is 16.2. The second-order valence-corrected chi connectivity index (χ2v) is 7.32. The maximum atomic E-state index is 13.3. The SMILES string of the molecule is COc1cc(C2(C(=O)N3CCCC(n4ccnc4)C3)CC2)ccc1C. The number of hydrogen-bond donors (Lipinski definition) is 0. The smallest absolute Gasteiger partial charge is 0.233 e. The van der Waals surface area contributed by atoms with E-state index in [-0.39, 0.29) is 11.3 Å². The van der Waals surface area contributed by atoms with Crippen molar-refractivity contribution < 1.29 is 9.53 Å². The molecule has 0 spiro atoms. The van der Waals surface area contributed by atoms with Crippen LogP contribution >= 0.6 is 0 Å². The number of amides is 1. The average molecular weight is 339 g/mol. The van der Waals surface area contributed by atoms with E-state index < -0.39 is 0 Å². The van der Waals surface area contributed by atoms with Gasteiger partial charge in [-0.1, -0.05) is 12.1 Å². The number of nitrogens with zero attached hydrogens (tertiary/aromatic N) is 3. The molecular weight excluding hydrogens is 314 g/mol. The number of aryl methyl sites for hydroxylation is 1. The number of methoxy groups -OCH3 is 1. The van der Waals surface area contributed by atoms with Crippen LogP contribution in [0.2, 0.25) is 0 Å². The summed E-state index contributed by atoms with van der Waals surface area (Å²) in [4.78, 5) is 19.6. The Labute approximate surface area is 148 Å². The van der Waals surface area contributed by atoms with Gasteiger partial charge in [-0.2, -0.15) is 0 Å². The number of likely N-dealkylation sites (tertiary alicyclic amines) is 1. The van der Waals surface area contributed by atoms with Gasteiger partial charge in [0.15, 0.2) is 0 Å². The normalized spacial score (nSPS) is 21.8. The van der Waals surface area contributed by atoms with Crippen molar-refractivity contribution in [2.24, 2.45) is 0 Å². The quantitative estimate of drug-likeness (QED) is 0.860. The van der Waals surface area contributed by atoms with E-state index in [2.05, 4.69) is 32.7 Å². The van der Waals surface area contributed by atoms with Crippen LogP contribution in [0.25, 0.3) is 0 Å². The van der Waals surface area contributed by atoms with Crippen molar-refractivity contribution in [3.63, 3.8) is 0 Å². The third-order valence-electron chi connectivity index (χ3n) is 5.75. The Bertz CT molecular complexity index is 765. The van der Waals surface area contributed by atoms with Crippen LogP contribution in [0.3, 0.4) is 0 Å². The summed E-state index contributed by atoms with van der Waals surface area (Å²) in [6, 6.07) is 6.55. The number of carbonyl (C=O) groups excluding carboxylic acids is 1. The summed E-state index contributed by atoms with van der Waals surface area (Å²) >= 11 is 0. The molecule has 1 aromatic heterocycles. The minimum Gasteiger partial charge on any atom is -0.496 e. The Balaban J connectivity index is 1.55. The lowest BCUT2D eigenvalue weighted by molar-refractivity contribution is -0.135. The number of ether oxygens (including phenoxy) is 1. The summed E-state index contributed by atoms with van der Waals surface area (Å²) in [5, 5.41) is 0. The van der Waals surface area contributed by atoms with Gasteiger partial charge in [-0.15, -0.1) is 0 Å². The maximum absolute atomic E-state index is 13.3.